The molecule has 0 aliphatic carbocycles. The number of hydrogen-bond acceptors (Lipinski definition) is 5. The lowest BCUT2D eigenvalue weighted by Gasteiger charge is -2.20. The third-order valence-corrected chi connectivity index (χ3v) is 9.33. The molecule has 40 heavy (non-hydrogen) atoms. The van der Waals surface area contributed by atoms with Crippen LogP contribution in [0, 0.1) is 0 Å². The summed E-state index contributed by atoms with van der Waals surface area (Å²) in [6.45, 7) is 0.982. The molecule has 15 heteroatoms. The molecule has 0 aromatic heterocycles. The maximum absolute atomic E-state index is 13.9. The number of alkyl halides is 6. The van der Waals surface area contributed by atoms with Gasteiger partial charge in [0, 0.05) is 28.9 Å². The van der Waals surface area contributed by atoms with E-state index in [0.717, 1.165) is 24.3 Å². The first-order valence-electron chi connectivity index (χ1n) is 11.5. The molecule has 216 valence electrons. The molecule has 1 unspecified atom stereocenters. The number of nitrogens with one attached hydrogen (secondary N) is 1. The first kappa shape index (κ1) is 30.6. The van der Waals surface area contributed by atoms with Gasteiger partial charge in [0.25, 0.3) is 10.0 Å². The lowest BCUT2D eigenvalue weighted by Crippen LogP contribution is -2.23. The van der Waals surface area contributed by atoms with Gasteiger partial charge in [-0.1, -0.05) is 41.0 Å². The Morgan fingerprint density at radius 3 is 2.27 bits per heavy atom. The van der Waals surface area contributed by atoms with Crippen LogP contribution in [0.2, 0.25) is 10.0 Å². The predicted molar refractivity (Wildman–Crippen MR) is 141 cm³/mol. The highest BCUT2D eigenvalue weighted by Gasteiger charge is 2.37. The molecule has 1 fully saturated rings. The van der Waals surface area contributed by atoms with Gasteiger partial charge >= 0.3 is 12.4 Å². The summed E-state index contributed by atoms with van der Waals surface area (Å²) in [6, 6.07) is 9.17. The molecule has 0 saturated carbocycles. The maximum atomic E-state index is 13.9. The standard InChI is InChI=1S/C25H20Cl2F6N2O3S2/c1-35-10-9-15(13-35)38-20-11-14(5-7-17(20)24(28,29)30)34-40(36,37)16-6-8-21(18(12-16)25(31,32)33)39-22-4-2-3-19(26)23(22)27/h2-8,11-12,15,34H,9-10,13H2,1H3. The van der Waals surface area contributed by atoms with Crippen molar-refractivity contribution in [2.45, 2.75) is 39.6 Å². The average Bonchev–Trinajstić information content (AvgIpc) is 3.25. The van der Waals surface area contributed by atoms with E-state index in [9.17, 15) is 34.8 Å². The molecule has 0 bridgehead atoms. The Bertz CT molecular complexity index is 1520. The van der Waals surface area contributed by atoms with Crippen molar-refractivity contribution in [1.82, 2.24) is 4.90 Å². The zero-order valence-corrected chi connectivity index (χ0v) is 23.6. The summed E-state index contributed by atoms with van der Waals surface area (Å²) in [5.74, 6) is -0.589. The number of likely N-dealkylation sites (N-methyl/N-ethyl adjacent to an activating group) is 1. The monoisotopic (exact) mass is 644 g/mol. The molecule has 1 saturated heterocycles. The fourth-order valence-electron chi connectivity index (χ4n) is 3.97. The zero-order valence-electron chi connectivity index (χ0n) is 20.4. The highest BCUT2D eigenvalue weighted by Crippen LogP contribution is 2.44. The van der Waals surface area contributed by atoms with Crippen LogP contribution in [0.5, 0.6) is 5.75 Å². The first-order chi connectivity index (χ1) is 18.5. The summed E-state index contributed by atoms with van der Waals surface area (Å²) in [4.78, 5) is 1.01. The van der Waals surface area contributed by atoms with Gasteiger partial charge in [0.15, 0.2) is 0 Å². The van der Waals surface area contributed by atoms with Crippen molar-refractivity contribution in [3.05, 3.63) is 75.8 Å². The number of anilines is 1. The summed E-state index contributed by atoms with van der Waals surface area (Å²) in [5, 5.41) is 0.161. The van der Waals surface area contributed by atoms with Gasteiger partial charge in [0.1, 0.15) is 11.9 Å². The van der Waals surface area contributed by atoms with Crippen LogP contribution in [-0.2, 0) is 22.4 Å². The van der Waals surface area contributed by atoms with Crippen LogP contribution < -0.4 is 9.46 Å². The number of sulfonamides is 1. The molecule has 4 rings (SSSR count). The second-order valence-electron chi connectivity index (χ2n) is 8.91. The van der Waals surface area contributed by atoms with Crippen molar-refractivity contribution < 1.29 is 39.5 Å². The number of nitrogens with zero attached hydrogens (tertiary/aromatic N) is 1. The Morgan fingerprint density at radius 1 is 0.950 bits per heavy atom. The van der Waals surface area contributed by atoms with Gasteiger partial charge in [-0.3, -0.25) is 4.72 Å². The highest BCUT2D eigenvalue weighted by atomic mass is 35.5. The smallest absolute Gasteiger partial charge is 0.419 e. The minimum Gasteiger partial charge on any atom is -0.488 e. The Labute approximate surface area is 240 Å². The molecule has 3 aromatic rings. The maximum Gasteiger partial charge on any atom is 0.419 e. The van der Waals surface area contributed by atoms with Crippen molar-refractivity contribution >= 4 is 50.7 Å². The van der Waals surface area contributed by atoms with E-state index < -0.39 is 50.3 Å². The molecule has 3 aromatic carbocycles. The van der Waals surface area contributed by atoms with Crippen LogP contribution in [0.4, 0.5) is 32.0 Å². The van der Waals surface area contributed by atoms with Crippen molar-refractivity contribution in [3.63, 3.8) is 0 Å². The zero-order chi connectivity index (χ0) is 29.5. The Morgan fingerprint density at radius 2 is 1.65 bits per heavy atom. The molecule has 0 radical (unpaired) electrons. The number of likely N-dealkylation sites (tertiary alicyclic amines) is 1. The van der Waals surface area contributed by atoms with E-state index in [1.807, 2.05) is 4.90 Å². The number of halogens is 8. The van der Waals surface area contributed by atoms with Gasteiger partial charge in [0.2, 0.25) is 0 Å². The average molecular weight is 645 g/mol. The Hall–Kier alpha value is -2.32. The van der Waals surface area contributed by atoms with Crippen molar-refractivity contribution in [2.75, 3.05) is 24.9 Å². The molecular formula is C25H20Cl2F6N2O3S2. The van der Waals surface area contributed by atoms with Crippen LogP contribution in [0.15, 0.2) is 69.3 Å². The van der Waals surface area contributed by atoms with Crippen LogP contribution in [0.25, 0.3) is 0 Å². The van der Waals surface area contributed by atoms with Crippen molar-refractivity contribution in [1.29, 1.82) is 0 Å². The van der Waals surface area contributed by atoms with E-state index in [-0.39, 0.29) is 25.5 Å². The van der Waals surface area contributed by atoms with Crippen molar-refractivity contribution in [2.24, 2.45) is 0 Å². The Kier molecular flexibility index (Phi) is 8.82. The normalized spacial score (nSPS) is 16.8. The van der Waals surface area contributed by atoms with Crippen molar-refractivity contribution in [3.8, 4) is 5.75 Å². The lowest BCUT2D eigenvalue weighted by atomic mass is 10.1. The summed E-state index contributed by atoms with van der Waals surface area (Å²) < 4.78 is 116. The van der Waals surface area contributed by atoms with Gasteiger partial charge in [-0.2, -0.15) is 26.3 Å². The van der Waals surface area contributed by atoms with E-state index >= 15 is 0 Å². The van der Waals surface area contributed by atoms with Gasteiger partial charge in [0.05, 0.1) is 31.8 Å². The fourth-order valence-corrected chi connectivity index (χ4v) is 6.52. The lowest BCUT2D eigenvalue weighted by molar-refractivity contribution is -0.140. The number of ether oxygens (including phenoxy) is 1. The summed E-state index contributed by atoms with van der Waals surface area (Å²) in [7, 11) is -2.87. The molecular weight excluding hydrogens is 625 g/mol. The largest absolute Gasteiger partial charge is 0.488 e. The minimum atomic E-state index is -4.94. The molecule has 0 amide bonds. The molecule has 1 atom stereocenters. The summed E-state index contributed by atoms with van der Waals surface area (Å²) >= 11 is 12.7. The van der Waals surface area contributed by atoms with Crippen LogP contribution >= 0.6 is 35.0 Å². The third-order valence-electron chi connectivity index (χ3n) is 5.88. The number of hydrogen-bond donors (Lipinski definition) is 1. The van der Waals surface area contributed by atoms with Crippen LogP contribution in [0.1, 0.15) is 17.5 Å². The van der Waals surface area contributed by atoms with Gasteiger partial charge in [-0.25, -0.2) is 8.42 Å². The van der Waals surface area contributed by atoms with E-state index in [1.54, 1.807) is 7.05 Å². The van der Waals surface area contributed by atoms with E-state index in [0.29, 0.717) is 43.4 Å². The topological polar surface area (TPSA) is 58.6 Å². The van der Waals surface area contributed by atoms with Gasteiger partial charge in [-0.15, -0.1) is 0 Å². The highest BCUT2D eigenvalue weighted by molar-refractivity contribution is 7.99. The minimum absolute atomic E-state index is 0.0326. The van der Waals surface area contributed by atoms with Gasteiger partial charge < -0.3 is 9.64 Å². The molecule has 5 nitrogen and oxygen atoms in total. The second kappa shape index (κ2) is 11.5. The van der Waals surface area contributed by atoms with E-state index in [4.69, 9.17) is 27.9 Å². The molecule has 1 aliphatic rings. The summed E-state index contributed by atoms with van der Waals surface area (Å²) in [6.07, 6.45) is -9.80. The quantitative estimate of drug-likeness (QED) is 0.264. The number of rotatable bonds is 7. The van der Waals surface area contributed by atoms with E-state index in [1.165, 1.54) is 18.2 Å². The number of benzene rings is 3. The molecule has 0 spiro atoms. The van der Waals surface area contributed by atoms with Crippen LogP contribution in [0.3, 0.4) is 0 Å². The van der Waals surface area contributed by atoms with Gasteiger partial charge in [-0.05, 0) is 55.9 Å². The van der Waals surface area contributed by atoms with E-state index in [2.05, 4.69) is 4.72 Å². The second-order valence-corrected chi connectivity index (χ2v) is 12.5. The van der Waals surface area contributed by atoms with Crippen LogP contribution in [-0.4, -0.2) is 39.6 Å². The third kappa shape index (κ3) is 7.11. The fraction of sp³-hybridized carbons (Fsp3) is 0.280. The Balaban J connectivity index is 1.66. The first-order valence-corrected chi connectivity index (χ1v) is 14.5. The molecule has 1 aliphatic heterocycles. The molecule has 1 N–H and O–H groups in total. The summed E-state index contributed by atoms with van der Waals surface area (Å²) in [5.41, 5.74) is -2.67. The molecule has 1 heterocycles. The SMILES string of the molecule is CN1CCC(Oc2cc(NS(=O)(=O)c3ccc(Sc4cccc(Cl)c4Cl)c(C(F)(F)F)c3)ccc2C(F)(F)F)C1. The predicted octanol–water partition coefficient (Wildman–Crippen LogP) is 8.07.